The number of furan rings is 1. The number of aryl methyl sites for hydroxylation is 1. The molecule has 0 saturated carbocycles. The first kappa shape index (κ1) is 17.3. The van der Waals surface area contributed by atoms with E-state index >= 15 is 0 Å². The molecule has 1 aliphatic heterocycles. The monoisotopic (exact) mass is 344 g/mol. The van der Waals surface area contributed by atoms with Gasteiger partial charge in [-0.25, -0.2) is 0 Å². The van der Waals surface area contributed by atoms with Gasteiger partial charge in [-0.2, -0.15) is 0 Å². The first-order valence-electron chi connectivity index (χ1n) is 8.69. The van der Waals surface area contributed by atoms with Gasteiger partial charge in [0.05, 0.1) is 13.0 Å². The molecule has 3 rings (SSSR count). The summed E-state index contributed by atoms with van der Waals surface area (Å²) in [6.07, 6.45) is 1.62. The molecule has 134 valence electrons. The Morgan fingerprint density at radius 1 is 1.40 bits per heavy atom. The largest absolute Gasteiger partial charge is 0.493 e. The number of methoxy groups -OCH3 is 1. The van der Waals surface area contributed by atoms with Crippen LogP contribution in [-0.4, -0.2) is 43.5 Å². The van der Waals surface area contributed by atoms with Crippen molar-refractivity contribution in [1.82, 2.24) is 10.2 Å². The van der Waals surface area contributed by atoms with Gasteiger partial charge in [-0.05, 0) is 32.8 Å². The number of amides is 2. The molecule has 1 aromatic heterocycles. The molecule has 6 heteroatoms. The number of hydrogen-bond donors (Lipinski definition) is 1. The number of fused-ring (bicyclic) bond motifs is 1. The third-order valence-electron chi connectivity index (χ3n) is 4.77. The van der Waals surface area contributed by atoms with Crippen LogP contribution in [0.2, 0.25) is 0 Å². The lowest BCUT2D eigenvalue weighted by Gasteiger charge is -2.31. The number of para-hydroxylation sites is 1. The zero-order valence-electron chi connectivity index (χ0n) is 14.9. The van der Waals surface area contributed by atoms with Gasteiger partial charge >= 0.3 is 0 Å². The minimum absolute atomic E-state index is 0.0167. The molecule has 6 nitrogen and oxygen atoms in total. The van der Waals surface area contributed by atoms with Gasteiger partial charge in [0.1, 0.15) is 0 Å². The zero-order valence-corrected chi connectivity index (χ0v) is 14.9. The Balaban J connectivity index is 1.86. The van der Waals surface area contributed by atoms with Crippen LogP contribution >= 0.6 is 0 Å². The minimum Gasteiger partial charge on any atom is -0.493 e. The molecule has 0 radical (unpaired) electrons. The maximum absolute atomic E-state index is 13.0. The Morgan fingerprint density at radius 2 is 2.20 bits per heavy atom. The van der Waals surface area contributed by atoms with Crippen LogP contribution in [0.1, 0.15) is 35.9 Å². The molecule has 1 aliphatic rings. The minimum atomic E-state index is -0.162. The van der Waals surface area contributed by atoms with Crippen LogP contribution in [0.25, 0.3) is 11.0 Å². The van der Waals surface area contributed by atoms with Crippen molar-refractivity contribution in [2.24, 2.45) is 5.92 Å². The maximum atomic E-state index is 13.0. The number of nitrogens with zero attached hydrogens (tertiary/aromatic N) is 1. The third kappa shape index (κ3) is 3.21. The fourth-order valence-corrected chi connectivity index (χ4v) is 3.42. The standard InChI is InChI=1S/C19H24N2O4/c1-4-20-18(22)13-7-6-10-21(11-13)19(23)16-12(2)14-8-5-9-15(24-3)17(14)25-16/h5,8-9,13H,4,6-7,10-11H2,1-3H3,(H,20,22)/t13-/m1/s1. The second-order valence-corrected chi connectivity index (χ2v) is 6.38. The van der Waals surface area contributed by atoms with Crippen molar-refractivity contribution in [2.45, 2.75) is 26.7 Å². The highest BCUT2D eigenvalue weighted by atomic mass is 16.5. The predicted octanol–water partition coefficient (Wildman–Crippen LogP) is 2.74. The quantitative estimate of drug-likeness (QED) is 0.926. The molecule has 0 spiro atoms. The molecule has 2 amide bonds. The smallest absolute Gasteiger partial charge is 0.289 e. The molecule has 1 aromatic carbocycles. The molecule has 25 heavy (non-hydrogen) atoms. The normalized spacial score (nSPS) is 17.6. The molecule has 1 N–H and O–H groups in total. The Hall–Kier alpha value is -2.50. The number of ether oxygens (including phenoxy) is 1. The number of likely N-dealkylation sites (tertiary alicyclic amines) is 1. The van der Waals surface area contributed by atoms with Crippen molar-refractivity contribution in [3.05, 3.63) is 29.5 Å². The summed E-state index contributed by atoms with van der Waals surface area (Å²) in [5.74, 6) is 0.638. The summed E-state index contributed by atoms with van der Waals surface area (Å²) in [4.78, 5) is 26.8. The lowest BCUT2D eigenvalue weighted by atomic mass is 9.96. The zero-order chi connectivity index (χ0) is 18.0. The van der Waals surface area contributed by atoms with Crippen LogP contribution in [0.15, 0.2) is 22.6 Å². The molecule has 0 unspecified atom stereocenters. The fourth-order valence-electron chi connectivity index (χ4n) is 3.42. The Bertz CT molecular complexity index is 796. The van der Waals surface area contributed by atoms with Crippen molar-refractivity contribution in [3.63, 3.8) is 0 Å². The van der Waals surface area contributed by atoms with E-state index < -0.39 is 0 Å². The Morgan fingerprint density at radius 3 is 2.92 bits per heavy atom. The molecular weight excluding hydrogens is 320 g/mol. The van der Waals surface area contributed by atoms with Gasteiger partial charge in [0.25, 0.3) is 5.91 Å². The second kappa shape index (κ2) is 7.17. The number of hydrogen-bond acceptors (Lipinski definition) is 4. The predicted molar refractivity (Wildman–Crippen MR) is 94.8 cm³/mol. The summed E-state index contributed by atoms with van der Waals surface area (Å²) >= 11 is 0. The van der Waals surface area contributed by atoms with Crippen LogP contribution in [0.3, 0.4) is 0 Å². The molecule has 2 heterocycles. The number of piperidine rings is 1. The van der Waals surface area contributed by atoms with E-state index in [1.807, 2.05) is 32.0 Å². The average molecular weight is 344 g/mol. The van der Waals surface area contributed by atoms with E-state index in [1.165, 1.54) is 0 Å². The summed E-state index contributed by atoms with van der Waals surface area (Å²) in [5.41, 5.74) is 1.39. The number of carbonyl (C=O) groups is 2. The topological polar surface area (TPSA) is 71.8 Å². The van der Waals surface area contributed by atoms with Crippen molar-refractivity contribution in [1.29, 1.82) is 0 Å². The summed E-state index contributed by atoms with van der Waals surface area (Å²) in [5, 5.41) is 3.72. The van der Waals surface area contributed by atoms with E-state index in [0.717, 1.165) is 23.8 Å². The summed E-state index contributed by atoms with van der Waals surface area (Å²) < 4.78 is 11.2. The maximum Gasteiger partial charge on any atom is 0.289 e. The summed E-state index contributed by atoms with van der Waals surface area (Å²) in [7, 11) is 1.58. The Labute approximate surface area is 147 Å². The molecule has 2 aromatic rings. The lowest BCUT2D eigenvalue weighted by molar-refractivity contribution is -0.126. The van der Waals surface area contributed by atoms with Crippen molar-refractivity contribution in [3.8, 4) is 5.75 Å². The van der Waals surface area contributed by atoms with Crippen LogP contribution in [0, 0.1) is 12.8 Å². The summed E-state index contributed by atoms with van der Waals surface area (Å²) in [6.45, 7) is 5.45. The summed E-state index contributed by atoms with van der Waals surface area (Å²) in [6, 6.07) is 5.61. The average Bonchev–Trinajstić information content (AvgIpc) is 2.98. The van der Waals surface area contributed by atoms with E-state index in [-0.39, 0.29) is 17.7 Å². The Kier molecular flexibility index (Phi) is 4.97. The first-order chi connectivity index (χ1) is 12.1. The van der Waals surface area contributed by atoms with Gasteiger partial charge in [0.2, 0.25) is 5.91 Å². The van der Waals surface area contributed by atoms with Crippen LogP contribution < -0.4 is 10.1 Å². The lowest BCUT2D eigenvalue weighted by Crippen LogP contribution is -2.45. The molecular formula is C19H24N2O4. The number of rotatable bonds is 4. The van der Waals surface area contributed by atoms with Gasteiger partial charge in [-0.15, -0.1) is 0 Å². The number of carbonyl (C=O) groups excluding carboxylic acids is 2. The van der Waals surface area contributed by atoms with Crippen LogP contribution in [-0.2, 0) is 4.79 Å². The van der Waals surface area contributed by atoms with E-state index in [9.17, 15) is 9.59 Å². The molecule has 1 atom stereocenters. The number of benzene rings is 1. The highest BCUT2D eigenvalue weighted by molar-refractivity contribution is 6.00. The SMILES string of the molecule is CCNC(=O)[C@@H]1CCCN(C(=O)c2oc3c(OC)cccc3c2C)C1. The van der Waals surface area contributed by atoms with Crippen LogP contribution in [0.5, 0.6) is 5.75 Å². The fraction of sp³-hybridized carbons (Fsp3) is 0.474. The van der Waals surface area contributed by atoms with Gasteiger partial charge in [-0.3, -0.25) is 9.59 Å². The van der Waals surface area contributed by atoms with E-state index in [0.29, 0.717) is 36.7 Å². The molecule has 1 fully saturated rings. The molecule has 0 aliphatic carbocycles. The number of nitrogens with one attached hydrogen (secondary N) is 1. The van der Waals surface area contributed by atoms with Gasteiger partial charge < -0.3 is 19.4 Å². The van der Waals surface area contributed by atoms with Gasteiger partial charge in [-0.1, -0.05) is 12.1 Å². The van der Waals surface area contributed by atoms with E-state index in [2.05, 4.69) is 5.32 Å². The van der Waals surface area contributed by atoms with E-state index in [1.54, 1.807) is 12.0 Å². The van der Waals surface area contributed by atoms with Crippen molar-refractivity contribution >= 4 is 22.8 Å². The molecule has 0 bridgehead atoms. The highest BCUT2D eigenvalue weighted by Gasteiger charge is 2.31. The first-order valence-corrected chi connectivity index (χ1v) is 8.69. The van der Waals surface area contributed by atoms with Crippen molar-refractivity contribution in [2.75, 3.05) is 26.7 Å². The molecule has 1 saturated heterocycles. The highest BCUT2D eigenvalue weighted by Crippen LogP contribution is 2.33. The van der Waals surface area contributed by atoms with Gasteiger partial charge in [0, 0.05) is 30.6 Å². The van der Waals surface area contributed by atoms with Gasteiger partial charge in [0.15, 0.2) is 17.1 Å². The van der Waals surface area contributed by atoms with Crippen LogP contribution in [0.4, 0.5) is 0 Å². The van der Waals surface area contributed by atoms with E-state index in [4.69, 9.17) is 9.15 Å². The van der Waals surface area contributed by atoms with Crippen molar-refractivity contribution < 1.29 is 18.7 Å². The second-order valence-electron chi connectivity index (χ2n) is 6.38. The third-order valence-corrected chi connectivity index (χ3v) is 4.77.